The molecule has 1 aromatic carbocycles. The molecule has 4 nitrogen and oxygen atoms in total. The zero-order chi connectivity index (χ0) is 20.2. The Morgan fingerprint density at radius 1 is 1.00 bits per heavy atom. The maximum absolute atomic E-state index is 11.9. The molecular formula is C23H38N2O2. The second-order valence-electron chi connectivity index (χ2n) is 10.0. The van der Waals surface area contributed by atoms with Gasteiger partial charge in [-0.25, -0.2) is 4.79 Å². The highest BCUT2D eigenvalue weighted by molar-refractivity contribution is 5.68. The summed E-state index contributed by atoms with van der Waals surface area (Å²) in [5.74, 6) is 0.629. The molecule has 2 N–H and O–H groups in total. The third-order valence-electron chi connectivity index (χ3n) is 5.35. The Kier molecular flexibility index (Phi) is 6.82. The standard InChI is InChI=1S/C23H38N2O2/c1-16(24-19-14-10-18(11-15-19)22(2,3)4)17-8-12-20(13-9-17)25-21(26)27-23(5,6)7/h10-11,14-17,20,24H,8-9,12-13H2,1-7H3,(H,25,26). The number of carbonyl (C=O) groups excluding carboxylic acids is 1. The summed E-state index contributed by atoms with van der Waals surface area (Å²) in [5.41, 5.74) is 2.28. The molecule has 0 spiro atoms. The number of nitrogens with one attached hydrogen (secondary N) is 2. The van der Waals surface area contributed by atoms with Gasteiger partial charge in [-0.05, 0) is 82.4 Å². The number of carbonyl (C=O) groups is 1. The van der Waals surface area contributed by atoms with Gasteiger partial charge in [0.25, 0.3) is 0 Å². The molecule has 0 aliphatic heterocycles. The van der Waals surface area contributed by atoms with Crippen LogP contribution in [0.25, 0.3) is 0 Å². The molecular weight excluding hydrogens is 336 g/mol. The second kappa shape index (κ2) is 8.53. The van der Waals surface area contributed by atoms with Crippen LogP contribution >= 0.6 is 0 Å². The Balaban J connectivity index is 1.79. The first-order valence-corrected chi connectivity index (χ1v) is 10.3. The Labute approximate surface area is 165 Å². The monoisotopic (exact) mass is 374 g/mol. The number of hydrogen-bond acceptors (Lipinski definition) is 3. The van der Waals surface area contributed by atoms with E-state index in [9.17, 15) is 4.79 Å². The van der Waals surface area contributed by atoms with Gasteiger partial charge in [0, 0.05) is 17.8 Å². The number of hydrogen-bond donors (Lipinski definition) is 2. The van der Waals surface area contributed by atoms with E-state index < -0.39 is 5.60 Å². The summed E-state index contributed by atoms with van der Waals surface area (Å²) in [6.45, 7) is 14.7. The fraction of sp³-hybridized carbons (Fsp3) is 0.696. The van der Waals surface area contributed by atoms with Gasteiger partial charge in [0.1, 0.15) is 5.60 Å². The number of ether oxygens (including phenoxy) is 1. The van der Waals surface area contributed by atoms with Crippen LogP contribution in [0.4, 0.5) is 10.5 Å². The van der Waals surface area contributed by atoms with Gasteiger partial charge in [0.15, 0.2) is 0 Å². The minimum atomic E-state index is -0.442. The van der Waals surface area contributed by atoms with Crippen molar-refractivity contribution in [1.82, 2.24) is 5.32 Å². The van der Waals surface area contributed by atoms with Crippen LogP contribution in [-0.2, 0) is 10.2 Å². The molecule has 0 saturated heterocycles. The summed E-state index contributed by atoms with van der Waals surface area (Å²) in [6.07, 6.45) is 3.97. The molecule has 0 aromatic heterocycles. The number of alkyl carbamates (subject to hydrolysis) is 1. The summed E-state index contributed by atoms with van der Waals surface area (Å²) in [5, 5.41) is 6.69. The van der Waals surface area contributed by atoms with E-state index in [2.05, 4.69) is 62.6 Å². The molecule has 0 heterocycles. The van der Waals surface area contributed by atoms with Crippen LogP contribution in [0.1, 0.15) is 79.7 Å². The van der Waals surface area contributed by atoms with Crippen molar-refractivity contribution in [3.63, 3.8) is 0 Å². The normalized spacial score (nSPS) is 22.0. The topological polar surface area (TPSA) is 50.4 Å². The van der Waals surface area contributed by atoms with Gasteiger partial charge < -0.3 is 15.4 Å². The average molecular weight is 375 g/mol. The molecule has 1 amide bonds. The van der Waals surface area contributed by atoms with E-state index in [4.69, 9.17) is 4.74 Å². The van der Waals surface area contributed by atoms with Crippen molar-refractivity contribution in [2.24, 2.45) is 5.92 Å². The quantitative estimate of drug-likeness (QED) is 0.693. The predicted octanol–water partition coefficient (Wildman–Crippen LogP) is 5.87. The third-order valence-corrected chi connectivity index (χ3v) is 5.35. The summed E-state index contributed by atoms with van der Waals surface area (Å²) in [6, 6.07) is 9.47. The van der Waals surface area contributed by atoms with E-state index in [1.165, 1.54) is 11.3 Å². The predicted molar refractivity (Wildman–Crippen MR) is 113 cm³/mol. The maximum atomic E-state index is 11.9. The van der Waals surface area contributed by atoms with Crippen molar-refractivity contribution in [1.29, 1.82) is 0 Å². The van der Waals surface area contributed by atoms with Crippen LogP contribution in [0.5, 0.6) is 0 Å². The van der Waals surface area contributed by atoms with Crippen LogP contribution in [0.2, 0.25) is 0 Å². The first kappa shape index (κ1) is 21.6. The second-order valence-corrected chi connectivity index (χ2v) is 10.0. The zero-order valence-electron chi connectivity index (χ0n) is 18.2. The average Bonchev–Trinajstić information content (AvgIpc) is 2.53. The zero-order valence-corrected chi connectivity index (χ0v) is 18.2. The summed E-state index contributed by atoms with van der Waals surface area (Å²) >= 11 is 0. The third kappa shape index (κ3) is 7.08. The maximum Gasteiger partial charge on any atom is 0.407 e. The smallest absolute Gasteiger partial charge is 0.407 e. The van der Waals surface area contributed by atoms with Crippen LogP contribution in [0.15, 0.2) is 24.3 Å². The van der Waals surface area contributed by atoms with Crippen LogP contribution < -0.4 is 10.6 Å². The lowest BCUT2D eigenvalue weighted by Crippen LogP contribution is -2.42. The molecule has 1 unspecified atom stereocenters. The Morgan fingerprint density at radius 2 is 1.56 bits per heavy atom. The van der Waals surface area contributed by atoms with E-state index in [0.717, 1.165) is 25.7 Å². The largest absolute Gasteiger partial charge is 0.444 e. The van der Waals surface area contributed by atoms with E-state index in [1.54, 1.807) is 0 Å². The Bertz CT molecular complexity index is 603. The summed E-state index contributed by atoms with van der Waals surface area (Å²) in [7, 11) is 0. The van der Waals surface area contributed by atoms with Gasteiger partial charge in [-0.2, -0.15) is 0 Å². The van der Waals surface area contributed by atoms with Gasteiger partial charge >= 0.3 is 6.09 Å². The van der Waals surface area contributed by atoms with Crippen molar-refractivity contribution in [2.45, 2.75) is 97.2 Å². The number of amides is 1. The van der Waals surface area contributed by atoms with Crippen LogP contribution in [0, 0.1) is 5.92 Å². The molecule has 1 saturated carbocycles. The molecule has 152 valence electrons. The van der Waals surface area contributed by atoms with Crippen molar-refractivity contribution in [2.75, 3.05) is 5.32 Å². The fourth-order valence-electron chi connectivity index (χ4n) is 3.68. The first-order valence-electron chi connectivity index (χ1n) is 10.3. The molecule has 0 radical (unpaired) electrons. The van der Waals surface area contributed by atoms with Crippen molar-refractivity contribution in [3.05, 3.63) is 29.8 Å². The Hall–Kier alpha value is -1.71. The number of anilines is 1. The highest BCUT2D eigenvalue weighted by Gasteiger charge is 2.27. The molecule has 1 aromatic rings. The van der Waals surface area contributed by atoms with Crippen LogP contribution in [-0.4, -0.2) is 23.8 Å². The van der Waals surface area contributed by atoms with E-state index >= 15 is 0 Å². The molecule has 1 atom stereocenters. The van der Waals surface area contributed by atoms with Crippen molar-refractivity contribution in [3.8, 4) is 0 Å². The number of rotatable bonds is 4. The SMILES string of the molecule is CC(Nc1ccc(C(C)(C)C)cc1)C1CCC(NC(=O)OC(C)(C)C)CC1. The molecule has 2 rings (SSSR count). The molecule has 0 bridgehead atoms. The first-order chi connectivity index (χ1) is 12.4. The fourth-order valence-corrected chi connectivity index (χ4v) is 3.68. The molecule has 4 heteroatoms. The van der Waals surface area contributed by atoms with E-state index in [0.29, 0.717) is 12.0 Å². The molecule has 1 fully saturated rings. The lowest BCUT2D eigenvalue weighted by molar-refractivity contribution is 0.0486. The van der Waals surface area contributed by atoms with E-state index in [1.807, 2.05) is 20.8 Å². The van der Waals surface area contributed by atoms with Gasteiger partial charge in [-0.15, -0.1) is 0 Å². The minimum Gasteiger partial charge on any atom is -0.444 e. The van der Waals surface area contributed by atoms with Gasteiger partial charge in [-0.3, -0.25) is 0 Å². The highest BCUT2D eigenvalue weighted by atomic mass is 16.6. The summed E-state index contributed by atoms with van der Waals surface area (Å²) < 4.78 is 5.36. The van der Waals surface area contributed by atoms with Gasteiger partial charge in [0.05, 0.1) is 0 Å². The molecule has 1 aliphatic rings. The van der Waals surface area contributed by atoms with Gasteiger partial charge in [0.2, 0.25) is 0 Å². The number of benzene rings is 1. The Morgan fingerprint density at radius 3 is 2.04 bits per heavy atom. The van der Waals surface area contributed by atoms with Crippen molar-refractivity contribution >= 4 is 11.8 Å². The van der Waals surface area contributed by atoms with Crippen LogP contribution in [0.3, 0.4) is 0 Å². The lowest BCUT2D eigenvalue weighted by Gasteiger charge is -2.33. The van der Waals surface area contributed by atoms with Gasteiger partial charge in [-0.1, -0.05) is 32.9 Å². The molecule has 1 aliphatic carbocycles. The molecule has 27 heavy (non-hydrogen) atoms. The highest BCUT2D eigenvalue weighted by Crippen LogP contribution is 2.29. The lowest BCUT2D eigenvalue weighted by atomic mass is 9.82. The minimum absolute atomic E-state index is 0.184. The van der Waals surface area contributed by atoms with E-state index in [-0.39, 0.29) is 17.6 Å². The summed E-state index contributed by atoms with van der Waals surface area (Å²) in [4.78, 5) is 11.9. The van der Waals surface area contributed by atoms with Crippen molar-refractivity contribution < 1.29 is 9.53 Å².